The summed E-state index contributed by atoms with van der Waals surface area (Å²) in [5, 5.41) is 1.19. The van der Waals surface area contributed by atoms with Crippen molar-refractivity contribution in [3.8, 4) is 11.1 Å². The van der Waals surface area contributed by atoms with E-state index in [1.165, 1.54) is 22.1 Å². The molecule has 1 heterocycles. The molecule has 0 saturated heterocycles. The van der Waals surface area contributed by atoms with E-state index in [4.69, 9.17) is 5.73 Å². The van der Waals surface area contributed by atoms with Gasteiger partial charge in [-0.3, -0.25) is 4.98 Å². The molecule has 0 saturated carbocycles. The Labute approximate surface area is 112 Å². The predicted octanol–water partition coefficient (Wildman–Crippen LogP) is 3.40. The summed E-state index contributed by atoms with van der Waals surface area (Å²) in [4.78, 5) is 4.53. The Bertz CT molecular complexity index is 690. The normalized spacial score (nSPS) is 10.8. The lowest BCUT2D eigenvalue weighted by atomic mass is 9.95. The number of nitrogens with two attached hydrogens (primary N) is 1. The minimum atomic E-state index is 0.639. The zero-order valence-electron chi connectivity index (χ0n) is 10.7. The number of rotatable bonds is 3. The van der Waals surface area contributed by atoms with E-state index in [0.717, 1.165) is 11.9 Å². The van der Waals surface area contributed by atoms with Gasteiger partial charge < -0.3 is 5.73 Å². The zero-order valence-corrected chi connectivity index (χ0v) is 10.7. The molecule has 0 spiro atoms. The molecule has 0 fully saturated rings. The molecule has 0 amide bonds. The number of nitrogens with zero attached hydrogens (tertiary/aromatic N) is 1. The van der Waals surface area contributed by atoms with Crippen molar-refractivity contribution in [3.63, 3.8) is 0 Å². The van der Waals surface area contributed by atoms with Crippen LogP contribution in [-0.2, 0) is 6.42 Å². The number of aromatic nitrogens is 1. The summed E-state index contributed by atoms with van der Waals surface area (Å²) in [5.41, 5.74) is 10.5. The Balaban J connectivity index is 2.32. The van der Waals surface area contributed by atoms with E-state index in [9.17, 15) is 0 Å². The lowest BCUT2D eigenvalue weighted by Gasteiger charge is -2.12. The van der Waals surface area contributed by atoms with Crippen LogP contribution < -0.4 is 5.73 Å². The van der Waals surface area contributed by atoms with Gasteiger partial charge in [-0.2, -0.15) is 0 Å². The number of para-hydroxylation sites is 1. The molecule has 0 aliphatic heterocycles. The summed E-state index contributed by atoms with van der Waals surface area (Å²) >= 11 is 0. The molecule has 2 heteroatoms. The van der Waals surface area contributed by atoms with Gasteiger partial charge in [0, 0.05) is 11.6 Å². The van der Waals surface area contributed by atoms with Crippen molar-refractivity contribution in [2.24, 2.45) is 5.73 Å². The first-order chi connectivity index (χ1) is 9.40. The Morgan fingerprint density at radius 3 is 2.42 bits per heavy atom. The fourth-order valence-electron chi connectivity index (χ4n) is 2.47. The Hall–Kier alpha value is -2.19. The molecule has 2 N–H and O–H groups in total. The van der Waals surface area contributed by atoms with Gasteiger partial charge in [0.2, 0.25) is 0 Å². The van der Waals surface area contributed by atoms with Crippen molar-refractivity contribution in [1.82, 2.24) is 4.98 Å². The van der Waals surface area contributed by atoms with Crippen LogP contribution in [-0.4, -0.2) is 11.5 Å². The first kappa shape index (κ1) is 11.9. The molecule has 0 atom stereocenters. The van der Waals surface area contributed by atoms with Crippen LogP contribution in [0.1, 0.15) is 5.56 Å². The highest BCUT2D eigenvalue weighted by Gasteiger charge is 2.09. The van der Waals surface area contributed by atoms with E-state index >= 15 is 0 Å². The quantitative estimate of drug-likeness (QED) is 0.771. The van der Waals surface area contributed by atoms with Crippen molar-refractivity contribution in [2.75, 3.05) is 6.54 Å². The van der Waals surface area contributed by atoms with E-state index in [0.29, 0.717) is 6.54 Å². The lowest BCUT2D eigenvalue weighted by Crippen LogP contribution is -2.05. The second-order valence-electron chi connectivity index (χ2n) is 4.58. The molecule has 19 heavy (non-hydrogen) atoms. The lowest BCUT2D eigenvalue weighted by molar-refractivity contribution is 0.965. The molecule has 0 aliphatic rings. The molecule has 0 unspecified atom stereocenters. The molecular weight excluding hydrogens is 232 g/mol. The highest BCUT2D eigenvalue weighted by molar-refractivity contribution is 5.95. The number of benzene rings is 2. The highest BCUT2D eigenvalue weighted by Crippen LogP contribution is 2.30. The van der Waals surface area contributed by atoms with Gasteiger partial charge in [-0.05, 0) is 35.7 Å². The van der Waals surface area contributed by atoms with Gasteiger partial charge in [0.25, 0.3) is 0 Å². The van der Waals surface area contributed by atoms with Crippen molar-refractivity contribution in [1.29, 1.82) is 0 Å². The van der Waals surface area contributed by atoms with Crippen LogP contribution in [0.15, 0.2) is 60.8 Å². The Morgan fingerprint density at radius 2 is 1.63 bits per heavy atom. The first-order valence-corrected chi connectivity index (χ1v) is 6.52. The van der Waals surface area contributed by atoms with Crippen LogP contribution in [0, 0.1) is 0 Å². The number of fused-ring (bicyclic) bond motifs is 1. The second kappa shape index (κ2) is 5.21. The largest absolute Gasteiger partial charge is 0.330 e. The fourth-order valence-corrected chi connectivity index (χ4v) is 2.47. The van der Waals surface area contributed by atoms with Crippen LogP contribution in [0.3, 0.4) is 0 Å². The molecule has 94 valence electrons. The average molecular weight is 248 g/mol. The molecule has 3 rings (SSSR count). The number of pyridine rings is 1. The molecule has 0 radical (unpaired) electrons. The van der Waals surface area contributed by atoms with Crippen LogP contribution in [0.2, 0.25) is 0 Å². The summed E-state index contributed by atoms with van der Waals surface area (Å²) in [6, 6.07) is 18.7. The minimum absolute atomic E-state index is 0.639. The number of hydrogen-bond acceptors (Lipinski definition) is 2. The van der Waals surface area contributed by atoms with Gasteiger partial charge in [0.05, 0.1) is 5.52 Å². The van der Waals surface area contributed by atoms with Gasteiger partial charge >= 0.3 is 0 Å². The molecule has 0 aliphatic carbocycles. The maximum absolute atomic E-state index is 5.72. The first-order valence-electron chi connectivity index (χ1n) is 6.52. The summed E-state index contributed by atoms with van der Waals surface area (Å²) in [6.45, 7) is 0.639. The predicted molar refractivity (Wildman–Crippen MR) is 79.9 cm³/mol. The van der Waals surface area contributed by atoms with E-state index in [-0.39, 0.29) is 0 Å². The van der Waals surface area contributed by atoms with Crippen LogP contribution in [0.25, 0.3) is 22.0 Å². The number of hydrogen-bond donors (Lipinski definition) is 1. The minimum Gasteiger partial charge on any atom is -0.330 e. The Kier molecular flexibility index (Phi) is 3.25. The highest BCUT2D eigenvalue weighted by atomic mass is 14.7. The topological polar surface area (TPSA) is 38.9 Å². The second-order valence-corrected chi connectivity index (χ2v) is 4.58. The van der Waals surface area contributed by atoms with E-state index < -0.39 is 0 Å². The van der Waals surface area contributed by atoms with Gasteiger partial charge in [-0.1, -0.05) is 48.5 Å². The van der Waals surface area contributed by atoms with Crippen molar-refractivity contribution in [3.05, 3.63) is 66.4 Å². The van der Waals surface area contributed by atoms with Gasteiger partial charge in [-0.15, -0.1) is 0 Å². The molecule has 2 nitrogen and oxygen atoms in total. The summed E-state index contributed by atoms with van der Waals surface area (Å²) < 4.78 is 0. The standard InChI is InChI=1S/C17H16N2/c18-11-10-14-12-19-16-9-5-4-8-15(16)17(14)13-6-2-1-3-7-13/h1-9,12H,10-11,18H2. The van der Waals surface area contributed by atoms with Crippen molar-refractivity contribution in [2.45, 2.75) is 6.42 Å². The monoisotopic (exact) mass is 248 g/mol. The maximum Gasteiger partial charge on any atom is 0.0708 e. The van der Waals surface area contributed by atoms with E-state index in [1.807, 2.05) is 24.4 Å². The summed E-state index contributed by atoms with van der Waals surface area (Å²) in [6.07, 6.45) is 2.81. The van der Waals surface area contributed by atoms with E-state index in [1.54, 1.807) is 0 Å². The van der Waals surface area contributed by atoms with Crippen LogP contribution >= 0.6 is 0 Å². The Morgan fingerprint density at radius 1 is 0.895 bits per heavy atom. The van der Waals surface area contributed by atoms with Crippen LogP contribution in [0.5, 0.6) is 0 Å². The maximum atomic E-state index is 5.72. The third kappa shape index (κ3) is 2.23. The van der Waals surface area contributed by atoms with Crippen molar-refractivity contribution < 1.29 is 0 Å². The zero-order chi connectivity index (χ0) is 13.1. The van der Waals surface area contributed by atoms with Gasteiger partial charge in [0.15, 0.2) is 0 Å². The average Bonchev–Trinajstić information content (AvgIpc) is 2.48. The molecule has 2 aromatic carbocycles. The summed E-state index contributed by atoms with van der Waals surface area (Å²) in [5.74, 6) is 0. The molecule has 3 aromatic rings. The van der Waals surface area contributed by atoms with Gasteiger partial charge in [0.1, 0.15) is 0 Å². The third-order valence-electron chi connectivity index (χ3n) is 3.33. The van der Waals surface area contributed by atoms with Crippen LogP contribution in [0.4, 0.5) is 0 Å². The van der Waals surface area contributed by atoms with Gasteiger partial charge in [-0.25, -0.2) is 0 Å². The molecule has 1 aromatic heterocycles. The van der Waals surface area contributed by atoms with Crippen molar-refractivity contribution >= 4 is 10.9 Å². The molecule has 0 bridgehead atoms. The smallest absolute Gasteiger partial charge is 0.0708 e. The third-order valence-corrected chi connectivity index (χ3v) is 3.33. The summed E-state index contributed by atoms with van der Waals surface area (Å²) in [7, 11) is 0. The van der Waals surface area contributed by atoms with E-state index in [2.05, 4.69) is 41.4 Å². The fraction of sp³-hybridized carbons (Fsp3) is 0.118. The SMILES string of the molecule is NCCc1cnc2ccccc2c1-c1ccccc1. The molecular formula is C17H16N2.